The van der Waals surface area contributed by atoms with Crippen LogP contribution in [0, 0.1) is 0 Å². The molecule has 0 spiro atoms. The first-order valence-electron chi connectivity index (χ1n) is 9.40. The molecule has 27 heavy (non-hydrogen) atoms. The molecule has 3 heterocycles. The molecule has 2 fully saturated rings. The molecule has 7 heteroatoms. The van der Waals surface area contributed by atoms with Crippen molar-refractivity contribution in [3.63, 3.8) is 0 Å². The van der Waals surface area contributed by atoms with Crippen LogP contribution in [0.3, 0.4) is 0 Å². The summed E-state index contributed by atoms with van der Waals surface area (Å²) in [4.78, 5) is 16.7. The van der Waals surface area contributed by atoms with Crippen LogP contribution in [0.15, 0.2) is 45.9 Å². The number of furan rings is 1. The molecule has 0 saturated carbocycles. The maximum Gasteiger partial charge on any atom is 0.271 e. The monoisotopic (exact) mass is 368 g/mol. The van der Waals surface area contributed by atoms with Crippen molar-refractivity contribution in [3.05, 3.63) is 47.7 Å². The molecule has 7 nitrogen and oxygen atoms in total. The summed E-state index contributed by atoms with van der Waals surface area (Å²) in [5.41, 5.74) is 4.30. The number of carbonyl (C=O) groups excluding carboxylic acids is 1. The van der Waals surface area contributed by atoms with Gasteiger partial charge in [0.05, 0.1) is 19.4 Å². The zero-order valence-electron chi connectivity index (χ0n) is 15.3. The first kappa shape index (κ1) is 17.6. The third-order valence-electron chi connectivity index (χ3n) is 4.89. The summed E-state index contributed by atoms with van der Waals surface area (Å²) in [7, 11) is 0. The van der Waals surface area contributed by atoms with Gasteiger partial charge in [0.1, 0.15) is 5.76 Å². The van der Waals surface area contributed by atoms with Crippen molar-refractivity contribution in [2.75, 3.05) is 49.2 Å². The molecule has 0 atom stereocenters. The van der Waals surface area contributed by atoms with Crippen molar-refractivity contribution in [2.24, 2.45) is 5.10 Å². The minimum Gasteiger partial charge on any atom is -0.440 e. The third-order valence-corrected chi connectivity index (χ3v) is 4.89. The van der Waals surface area contributed by atoms with E-state index < -0.39 is 0 Å². The molecule has 0 unspecified atom stereocenters. The minimum atomic E-state index is -0.237. The fourth-order valence-electron chi connectivity index (χ4n) is 3.38. The van der Waals surface area contributed by atoms with Crippen LogP contribution in [0.25, 0.3) is 0 Å². The number of nitrogens with zero attached hydrogens (tertiary/aromatic N) is 3. The smallest absolute Gasteiger partial charge is 0.271 e. The van der Waals surface area contributed by atoms with Crippen LogP contribution in [-0.2, 0) is 4.74 Å². The van der Waals surface area contributed by atoms with Crippen LogP contribution in [0.1, 0.15) is 29.0 Å². The Morgan fingerprint density at radius 2 is 1.70 bits per heavy atom. The number of ether oxygens (including phenoxy) is 1. The van der Waals surface area contributed by atoms with Crippen LogP contribution >= 0.6 is 0 Å². The Balaban J connectivity index is 1.31. The van der Waals surface area contributed by atoms with Gasteiger partial charge < -0.3 is 19.0 Å². The highest BCUT2D eigenvalue weighted by Gasteiger charge is 2.15. The van der Waals surface area contributed by atoms with Crippen LogP contribution in [0.5, 0.6) is 0 Å². The average molecular weight is 368 g/mol. The normalized spacial score (nSPS) is 17.6. The lowest BCUT2D eigenvalue weighted by molar-refractivity contribution is 0.0955. The average Bonchev–Trinajstić information content (AvgIpc) is 3.41. The molecule has 2 aliphatic heterocycles. The van der Waals surface area contributed by atoms with E-state index in [9.17, 15) is 4.79 Å². The molecule has 1 aromatic heterocycles. The number of amides is 1. The minimum absolute atomic E-state index is 0.237. The lowest BCUT2D eigenvalue weighted by atomic mass is 10.2. The lowest BCUT2D eigenvalue weighted by Gasteiger charge is -2.26. The highest BCUT2D eigenvalue weighted by atomic mass is 16.5. The molecule has 1 amide bonds. The Labute approximate surface area is 158 Å². The Hall–Kier alpha value is -2.80. The van der Waals surface area contributed by atoms with E-state index in [1.165, 1.54) is 24.7 Å². The second-order valence-corrected chi connectivity index (χ2v) is 6.72. The number of rotatable bonds is 5. The van der Waals surface area contributed by atoms with Crippen molar-refractivity contribution in [2.45, 2.75) is 12.8 Å². The number of hydrogen-bond acceptors (Lipinski definition) is 6. The Kier molecular flexibility index (Phi) is 5.39. The number of hydrogen-bond donors (Lipinski definition) is 1. The lowest BCUT2D eigenvalue weighted by Crippen LogP contribution is -2.35. The van der Waals surface area contributed by atoms with E-state index in [0.717, 1.165) is 32.1 Å². The van der Waals surface area contributed by atoms with Crippen LogP contribution < -0.4 is 15.2 Å². The van der Waals surface area contributed by atoms with Gasteiger partial charge in [-0.25, -0.2) is 5.43 Å². The largest absolute Gasteiger partial charge is 0.440 e. The van der Waals surface area contributed by atoms with Crippen LogP contribution in [-0.4, -0.2) is 51.5 Å². The first-order valence-corrected chi connectivity index (χ1v) is 9.40. The molecule has 0 aliphatic carbocycles. The Morgan fingerprint density at radius 3 is 2.44 bits per heavy atom. The number of hydrazone groups is 1. The molecule has 142 valence electrons. The van der Waals surface area contributed by atoms with Crippen molar-refractivity contribution in [3.8, 4) is 0 Å². The quantitative estimate of drug-likeness (QED) is 0.649. The molecule has 0 radical (unpaired) electrons. The standard InChI is InChI=1S/C20H24N4O3/c25-20(16-3-5-17(6-4-16)23-9-1-2-10-23)22-21-15-18-7-8-19(27-18)24-11-13-26-14-12-24/h3-8,15H,1-2,9-14H2,(H,22,25)/b21-15-. The third kappa shape index (κ3) is 4.31. The van der Waals surface area contributed by atoms with E-state index in [4.69, 9.17) is 9.15 Å². The van der Waals surface area contributed by atoms with E-state index in [-0.39, 0.29) is 5.91 Å². The summed E-state index contributed by atoms with van der Waals surface area (Å²) in [5.74, 6) is 1.16. The fourth-order valence-corrected chi connectivity index (χ4v) is 3.38. The summed E-state index contributed by atoms with van der Waals surface area (Å²) < 4.78 is 11.1. The molecule has 4 rings (SSSR count). The van der Waals surface area contributed by atoms with Crippen LogP contribution in [0.2, 0.25) is 0 Å². The van der Waals surface area contributed by atoms with Gasteiger partial charge in [-0.05, 0) is 43.2 Å². The number of morpholine rings is 1. The van der Waals surface area contributed by atoms with Gasteiger partial charge >= 0.3 is 0 Å². The molecule has 1 aromatic carbocycles. The van der Waals surface area contributed by atoms with Gasteiger partial charge in [0.2, 0.25) is 0 Å². The van der Waals surface area contributed by atoms with Gasteiger partial charge in [-0.15, -0.1) is 0 Å². The van der Waals surface area contributed by atoms with E-state index >= 15 is 0 Å². The van der Waals surface area contributed by atoms with Gasteiger partial charge in [0, 0.05) is 43.5 Å². The zero-order chi connectivity index (χ0) is 18.5. The summed E-state index contributed by atoms with van der Waals surface area (Å²) >= 11 is 0. The van der Waals surface area contributed by atoms with Gasteiger partial charge in [0.15, 0.2) is 5.88 Å². The highest BCUT2D eigenvalue weighted by molar-refractivity contribution is 5.95. The molecule has 0 bridgehead atoms. The van der Waals surface area contributed by atoms with Crippen molar-refractivity contribution in [1.29, 1.82) is 0 Å². The fraction of sp³-hybridized carbons (Fsp3) is 0.400. The van der Waals surface area contributed by atoms with Gasteiger partial charge in [-0.3, -0.25) is 4.79 Å². The topological polar surface area (TPSA) is 70.3 Å². The maximum atomic E-state index is 12.2. The second kappa shape index (κ2) is 8.26. The van der Waals surface area contributed by atoms with Crippen LogP contribution in [0.4, 0.5) is 11.6 Å². The molecule has 2 saturated heterocycles. The highest BCUT2D eigenvalue weighted by Crippen LogP contribution is 2.20. The number of nitrogens with one attached hydrogen (secondary N) is 1. The Bertz CT molecular complexity index is 788. The van der Waals surface area contributed by atoms with E-state index in [0.29, 0.717) is 24.5 Å². The zero-order valence-corrected chi connectivity index (χ0v) is 15.3. The number of benzene rings is 1. The predicted octanol–water partition coefficient (Wildman–Crippen LogP) is 2.48. The molecular formula is C20H24N4O3. The predicted molar refractivity (Wildman–Crippen MR) is 105 cm³/mol. The summed E-state index contributed by atoms with van der Waals surface area (Å²) in [6.07, 6.45) is 3.98. The van der Waals surface area contributed by atoms with E-state index in [1.54, 1.807) is 0 Å². The SMILES string of the molecule is O=C(N/N=C\c1ccc(N2CCOCC2)o1)c1ccc(N2CCCC2)cc1. The second-order valence-electron chi connectivity index (χ2n) is 6.72. The van der Waals surface area contributed by atoms with E-state index in [1.807, 2.05) is 36.4 Å². The number of carbonyl (C=O) groups is 1. The molecular weight excluding hydrogens is 344 g/mol. The first-order chi connectivity index (χ1) is 13.3. The molecule has 1 N–H and O–H groups in total. The summed E-state index contributed by atoms with van der Waals surface area (Å²) in [6, 6.07) is 11.4. The molecule has 2 aromatic rings. The number of anilines is 2. The Morgan fingerprint density at radius 1 is 0.963 bits per heavy atom. The maximum absolute atomic E-state index is 12.2. The van der Waals surface area contributed by atoms with Crippen molar-refractivity contribution in [1.82, 2.24) is 5.43 Å². The van der Waals surface area contributed by atoms with Gasteiger partial charge in [-0.2, -0.15) is 5.10 Å². The molecule has 2 aliphatic rings. The van der Waals surface area contributed by atoms with Crippen molar-refractivity contribution >= 4 is 23.7 Å². The van der Waals surface area contributed by atoms with Crippen molar-refractivity contribution < 1.29 is 13.9 Å². The van der Waals surface area contributed by atoms with E-state index in [2.05, 4.69) is 20.3 Å². The van der Waals surface area contributed by atoms with Gasteiger partial charge in [-0.1, -0.05) is 0 Å². The summed E-state index contributed by atoms with van der Waals surface area (Å²) in [5, 5.41) is 4.00. The summed E-state index contributed by atoms with van der Waals surface area (Å²) in [6.45, 7) is 5.22. The van der Waals surface area contributed by atoms with Gasteiger partial charge in [0.25, 0.3) is 5.91 Å².